The van der Waals surface area contributed by atoms with Gasteiger partial charge in [0, 0.05) is 16.7 Å². The van der Waals surface area contributed by atoms with Gasteiger partial charge in [-0.2, -0.15) is 0 Å². The molecule has 0 saturated heterocycles. The van der Waals surface area contributed by atoms with Crippen LogP contribution in [-0.4, -0.2) is 44.7 Å². The molecule has 1 heterocycles. The molecule has 2 atom stereocenters. The highest BCUT2D eigenvalue weighted by molar-refractivity contribution is 5.83. The maximum Gasteiger partial charge on any atom is 0.170 e. The second-order valence-corrected chi connectivity index (χ2v) is 14.6. The Bertz CT molecular complexity index is 1500. The molecular formula is C37H50O7. The van der Waals surface area contributed by atoms with Gasteiger partial charge in [-0.25, -0.2) is 0 Å². The Balaban J connectivity index is 2.05. The molecule has 1 aliphatic heterocycles. The van der Waals surface area contributed by atoms with Crippen LogP contribution in [-0.2, 0) is 10.8 Å². The molecule has 0 fully saturated rings. The van der Waals surface area contributed by atoms with Crippen LogP contribution in [0.15, 0.2) is 36.4 Å². The second kappa shape index (κ2) is 12.1. The van der Waals surface area contributed by atoms with Gasteiger partial charge < -0.3 is 33.5 Å². The highest BCUT2D eigenvalue weighted by Crippen LogP contribution is 2.53. The van der Waals surface area contributed by atoms with E-state index in [1.54, 1.807) is 21.3 Å². The van der Waals surface area contributed by atoms with E-state index < -0.39 is 17.8 Å². The third-order valence-electron chi connectivity index (χ3n) is 7.82. The predicted molar refractivity (Wildman–Crippen MR) is 175 cm³/mol. The van der Waals surface area contributed by atoms with Crippen LogP contribution in [0.5, 0.6) is 34.5 Å². The van der Waals surface area contributed by atoms with Crippen molar-refractivity contribution in [1.82, 2.24) is 0 Å². The maximum atomic E-state index is 10.8. The molecule has 0 aromatic heterocycles. The minimum atomic E-state index is -0.790. The van der Waals surface area contributed by atoms with Crippen molar-refractivity contribution in [2.45, 2.75) is 97.9 Å². The quantitative estimate of drug-likeness (QED) is 0.302. The molecule has 1 aliphatic rings. The summed E-state index contributed by atoms with van der Waals surface area (Å²) in [6.45, 7) is 20.7. The average molecular weight is 607 g/mol. The largest absolute Gasteiger partial charge is 0.493 e. The van der Waals surface area contributed by atoms with E-state index in [9.17, 15) is 5.11 Å². The van der Waals surface area contributed by atoms with Gasteiger partial charge in [-0.1, -0.05) is 41.5 Å². The van der Waals surface area contributed by atoms with Gasteiger partial charge in [-0.15, -0.1) is 0 Å². The molecule has 3 aromatic carbocycles. The molecule has 44 heavy (non-hydrogen) atoms. The Labute approximate surface area is 263 Å². The molecule has 0 radical (unpaired) electrons. The Morgan fingerprint density at radius 2 is 1.14 bits per heavy atom. The van der Waals surface area contributed by atoms with E-state index in [0.29, 0.717) is 34.5 Å². The molecule has 7 nitrogen and oxygen atoms in total. The number of benzene rings is 3. The number of fused-ring (bicyclic) bond motifs is 3. The zero-order valence-corrected chi connectivity index (χ0v) is 28.7. The molecule has 4 rings (SSSR count). The third-order valence-corrected chi connectivity index (χ3v) is 7.82. The second-order valence-electron chi connectivity index (χ2n) is 14.6. The first-order valence-electron chi connectivity index (χ1n) is 15.2. The van der Waals surface area contributed by atoms with Crippen molar-refractivity contribution in [3.05, 3.63) is 58.7 Å². The summed E-state index contributed by atoms with van der Waals surface area (Å²) < 4.78 is 37.7. The summed E-state index contributed by atoms with van der Waals surface area (Å²) in [5.74, 6) is 3.51. The lowest BCUT2D eigenvalue weighted by molar-refractivity contribution is 0.0107. The van der Waals surface area contributed by atoms with Crippen molar-refractivity contribution in [1.29, 1.82) is 0 Å². The van der Waals surface area contributed by atoms with E-state index in [2.05, 4.69) is 53.7 Å². The number of aliphatic hydroxyl groups is 1. The van der Waals surface area contributed by atoms with Gasteiger partial charge in [0.2, 0.25) is 0 Å². The van der Waals surface area contributed by atoms with Crippen molar-refractivity contribution < 1.29 is 33.5 Å². The molecule has 240 valence electrons. The van der Waals surface area contributed by atoms with Crippen molar-refractivity contribution in [2.75, 3.05) is 27.9 Å². The highest BCUT2D eigenvalue weighted by atomic mass is 16.6. The molecule has 0 bridgehead atoms. The van der Waals surface area contributed by atoms with Crippen molar-refractivity contribution in [3.63, 3.8) is 0 Å². The summed E-state index contributed by atoms with van der Waals surface area (Å²) >= 11 is 0. The van der Waals surface area contributed by atoms with Gasteiger partial charge in [0.05, 0.1) is 27.9 Å². The fourth-order valence-electron chi connectivity index (χ4n) is 5.37. The van der Waals surface area contributed by atoms with Crippen LogP contribution < -0.4 is 28.4 Å². The summed E-state index contributed by atoms with van der Waals surface area (Å²) in [6.07, 6.45) is -1.52. The number of hydrogen-bond donors (Lipinski definition) is 1. The normalized spacial score (nSPS) is 16.9. The fraction of sp³-hybridized carbons (Fsp3) is 0.514. The molecule has 0 spiro atoms. The topological polar surface area (TPSA) is 75.6 Å². The van der Waals surface area contributed by atoms with Crippen molar-refractivity contribution in [2.24, 2.45) is 0 Å². The zero-order chi connectivity index (χ0) is 32.8. The van der Waals surface area contributed by atoms with Crippen LogP contribution in [0.4, 0.5) is 0 Å². The lowest BCUT2D eigenvalue weighted by Crippen LogP contribution is -2.34. The van der Waals surface area contributed by atoms with Crippen LogP contribution in [0.2, 0.25) is 0 Å². The molecule has 0 saturated carbocycles. The Morgan fingerprint density at radius 1 is 0.659 bits per heavy atom. The molecule has 1 N–H and O–H groups in total. The monoisotopic (exact) mass is 606 g/mol. The minimum Gasteiger partial charge on any atom is -0.493 e. The summed E-state index contributed by atoms with van der Waals surface area (Å²) in [5, 5.41) is 10.8. The van der Waals surface area contributed by atoms with Crippen molar-refractivity contribution >= 4 is 0 Å². The third kappa shape index (κ3) is 6.73. The van der Waals surface area contributed by atoms with E-state index in [1.807, 2.05) is 52.0 Å². The molecule has 0 aliphatic carbocycles. The van der Waals surface area contributed by atoms with Crippen molar-refractivity contribution in [3.8, 4) is 45.6 Å². The molecular weight excluding hydrogens is 556 g/mol. The first-order chi connectivity index (χ1) is 20.4. The smallest absolute Gasteiger partial charge is 0.170 e. The Hall–Kier alpha value is -3.58. The van der Waals surface area contributed by atoms with E-state index in [4.69, 9.17) is 28.4 Å². The first-order valence-corrected chi connectivity index (χ1v) is 15.2. The molecule has 2 unspecified atom stereocenters. The van der Waals surface area contributed by atoms with Crippen LogP contribution in [0.3, 0.4) is 0 Å². The number of ether oxygens (including phenoxy) is 6. The van der Waals surface area contributed by atoms with Crippen LogP contribution >= 0.6 is 0 Å². The average Bonchev–Trinajstić information content (AvgIpc) is 2.92. The van der Waals surface area contributed by atoms with Gasteiger partial charge in [0.1, 0.15) is 5.60 Å². The Morgan fingerprint density at radius 3 is 1.55 bits per heavy atom. The molecule has 0 amide bonds. The number of aryl methyl sites for hydroxylation is 1. The number of rotatable bonds is 6. The van der Waals surface area contributed by atoms with Crippen LogP contribution in [0.25, 0.3) is 11.1 Å². The SMILES string of the molecule is COc1cc(C2Oc3c(OC)cc(C(C)(C)C)cc3-c3cc(C(C)(C)C)cc(OC)c3OC2CO)cc(C)c1OC(C)(C)C. The fourth-order valence-corrected chi connectivity index (χ4v) is 5.37. The molecule has 7 heteroatoms. The number of methoxy groups -OCH3 is 3. The first kappa shape index (κ1) is 33.3. The summed E-state index contributed by atoms with van der Waals surface area (Å²) in [4.78, 5) is 0. The zero-order valence-electron chi connectivity index (χ0n) is 28.7. The van der Waals surface area contributed by atoms with Gasteiger partial charge >= 0.3 is 0 Å². The summed E-state index contributed by atoms with van der Waals surface area (Å²) in [7, 11) is 4.91. The number of hydrogen-bond acceptors (Lipinski definition) is 7. The van der Waals surface area contributed by atoms with E-state index >= 15 is 0 Å². The summed E-state index contributed by atoms with van der Waals surface area (Å²) in [6, 6.07) is 12.2. The molecule has 3 aromatic rings. The van der Waals surface area contributed by atoms with Gasteiger partial charge in [0.25, 0.3) is 0 Å². The lowest BCUT2D eigenvalue weighted by atomic mass is 9.82. The van der Waals surface area contributed by atoms with Crippen LogP contribution in [0, 0.1) is 6.92 Å². The Kier molecular flexibility index (Phi) is 9.14. The minimum absolute atomic E-state index is 0.165. The lowest BCUT2D eigenvalue weighted by Gasteiger charge is -2.35. The van der Waals surface area contributed by atoms with Gasteiger partial charge in [-0.05, 0) is 91.6 Å². The van der Waals surface area contributed by atoms with E-state index in [-0.39, 0.29) is 17.4 Å². The van der Waals surface area contributed by atoms with E-state index in [1.165, 1.54) is 0 Å². The van der Waals surface area contributed by atoms with Gasteiger partial charge in [0.15, 0.2) is 46.7 Å². The van der Waals surface area contributed by atoms with E-state index in [0.717, 1.165) is 33.4 Å². The predicted octanol–water partition coefficient (Wildman–Crippen LogP) is 8.33. The van der Waals surface area contributed by atoms with Crippen LogP contribution in [0.1, 0.15) is 90.7 Å². The highest BCUT2D eigenvalue weighted by Gasteiger charge is 2.37. The number of aliphatic hydroxyl groups excluding tert-OH is 1. The summed E-state index contributed by atoms with van der Waals surface area (Å²) in [5.41, 5.74) is 4.69. The standard InChI is InChI=1S/C37H50O7/c1-21-14-22(15-27(39-11)31(21)44-37(8,9)10)32-30(20-38)42-33-25(16-23(35(2,3)4)18-28(33)40-12)26-17-24(36(5,6)7)19-29(41-13)34(26)43-32/h14-19,30,32,38H,20H2,1-13H3. The maximum absolute atomic E-state index is 10.8. The van der Waals surface area contributed by atoms with Gasteiger partial charge in [-0.3, -0.25) is 0 Å².